The molecule has 0 saturated heterocycles. The lowest BCUT2D eigenvalue weighted by atomic mass is 10.0. The van der Waals surface area contributed by atoms with E-state index in [0.717, 1.165) is 96.3 Å². The number of phosphoric ester groups is 2. The van der Waals surface area contributed by atoms with Gasteiger partial charge in [-0.3, -0.25) is 37.3 Å². The van der Waals surface area contributed by atoms with Crippen molar-refractivity contribution in [3.8, 4) is 0 Å². The van der Waals surface area contributed by atoms with Crippen molar-refractivity contribution in [1.82, 2.24) is 0 Å². The molecule has 0 amide bonds. The Morgan fingerprint density at radius 2 is 0.554 bits per heavy atom. The highest BCUT2D eigenvalue weighted by molar-refractivity contribution is 7.47. The molecule has 0 aliphatic rings. The molecule has 0 aromatic rings. The number of phosphoric acid groups is 2. The molecule has 0 fully saturated rings. The van der Waals surface area contributed by atoms with Crippen molar-refractivity contribution in [1.29, 1.82) is 0 Å². The molecule has 0 saturated carbocycles. The van der Waals surface area contributed by atoms with Gasteiger partial charge >= 0.3 is 39.5 Å². The fraction of sp³-hybridized carbons (Fsp3) is 0.938. The molecule has 0 radical (unpaired) electrons. The van der Waals surface area contributed by atoms with Gasteiger partial charge in [0.25, 0.3) is 0 Å². The molecule has 19 heteroatoms. The highest BCUT2D eigenvalue weighted by Gasteiger charge is 2.30. The Morgan fingerprint density at radius 3 is 0.819 bits per heavy atom. The van der Waals surface area contributed by atoms with Gasteiger partial charge in [-0.15, -0.1) is 0 Å². The Morgan fingerprint density at radius 1 is 0.325 bits per heavy atom. The monoisotopic (exact) mass is 1230 g/mol. The zero-order valence-electron chi connectivity index (χ0n) is 53.5. The van der Waals surface area contributed by atoms with Gasteiger partial charge in [0.15, 0.2) is 12.2 Å². The second-order valence-electron chi connectivity index (χ2n) is 24.1. The summed E-state index contributed by atoms with van der Waals surface area (Å²) >= 11 is 0. The summed E-state index contributed by atoms with van der Waals surface area (Å²) in [6, 6.07) is 0. The molecular formula is C64H124O17P2. The van der Waals surface area contributed by atoms with Crippen molar-refractivity contribution >= 4 is 39.5 Å². The fourth-order valence-corrected chi connectivity index (χ4v) is 11.1. The minimum Gasteiger partial charge on any atom is -0.462 e. The third-order valence-electron chi connectivity index (χ3n) is 14.7. The third kappa shape index (κ3) is 58.8. The minimum atomic E-state index is -4.94. The molecule has 2 unspecified atom stereocenters. The largest absolute Gasteiger partial charge is 0.472 e. The molecule has 492 valence electrons. The van der Waals surface area contributed by atoms with Crippen LogP contribution in [0.25, 0.3) is 0 Å². The lowest BCUT2D eigenvalue weighted by molar-refractivity contribution is -0.161. The standard InChI is InChI=1S/C64H124O17P2/c1-7-9-11-13-15-17-19-20-21-23-25-27-36-42-48-63(68)80-59(52-74-61(66)46-40-34-26-24-22-18-16-14-12-10-8-2)54-78-82(70,71)76-50-58(65)51-77-83(72,73)79-55-60(81-64(69)49-43-37-31-29-33-39-45-57(5)6)53-75-62(67)47-41-35-30-28-32-38-44-56(3)4/h56-60,65H,7-55H2,1-6H3,(H,70,71)(H,72,73)/t58-,59-,60-/m1/s1. The molecule has 0 aliphatic carbocycles. The number of esters is 4. The molecule has 0 bridgehead atoms. The summed E-state index contributed by atoms with van der Waals surface area (Å²) in [6.45, 7) is 9.32. The van der Waals surface area contributed by atoms with Gasteiger partial charge in [0.2, 0.25) is 0 Å². The van der Waals surface area contributed by atoms with Crippen molar-refractivity contribution < 1.29 is 80.2 Å². The lowest BCUT2D eigenvalue weighted by Crippen LogP contribution is -2.30. The van der Waals surface area contributed by atoms with Gasteiger partial charge in [-0.25, -0.2) is 9.13 Å². The van der Waals surface area contributed by atoms with E-state index in [0.29, 0.717) is 37.5 Å². The number of carbonyl (C=O) groups excluding carboxylic acids is 4. The highest BCUT2D eigenvalue weighted by atomic mass is 31.2. The molecule has 0 aromatic heterocycles. The van der Waals surface area contributed by atoms with Crippen LogP contribution in [0.5, 0.6) is 0 Å². The Kier molecular flexibility index (Phi) is 55.2. The Bertz CT molecular complexity index is 1630. The molecule has 3 N–H and O–H groups in total. The number of aliphatic hydroxyl groups excluding tert-OH is 1. The first-order chi connectivity index (χ1) is 39.9. The smallest absolute Gasteiger partial charge is 0.462 e. The molecule has 0 heterocycles. The normalized spacial score (nSPS) is 14.3. The van der Waals surface area contributed by atoms with Crippen molar-refractivity contribution in [2.45, 2.75) is 336 Å². The van der Waals surface area contributed by atoms with Gasteiger partial charge < -0.3 is 33.8 Å². The summed E-state index contributed by atoms with van der Waals surface area (Å²) in [5, 5.41) is 10.5. The number of unbranched alkanes of at least 4 members (excludes halogenated alkanes) is 33. The van der Waals surface area contributed by atoms with Crippen molar-refractivity contribution in [3.63, 3.8) is 0 Å². The molecule has 5 atom stereocenters. The molecular weight excluding hydrogens is 1100 g/mol. The van der Waals surface area contributed by atoms with E-state index in [1.165, 1.54) is 128 Å². The minimum absolute atomic E-state index is 0.101. The van der Waals surface area contributed by atoms with Crippen LogP contribution in [0, 0.1) is 11.8 Å². The van der Waals surface area contributed by atoms with E-state index in [4.69, 9.17) is 37.0 Å². The number of aliphatic hydroxyl groups is 1. The van der Waals surface area contributed by atoms with Crippen LogP contribution >= 0.6 is 15.6 Å². The van der Waals surface area contributed by atoms with E-state index >= 15 is 0 Å². The summed E-state index contributed by atoms with van der Waals surface area (Å²) in [4.78, 5) is 72.1. The third-order valence-corrected chi connectivity index (χ3v) is 16.6. The molecule has 0 aliphatic heterocycles. The van der Waals surface area contributed by atoms with E-state index in [1.807, 2.05) is 0 Å². The fourth-order valence-electron chi connectivity index (χ4n) is 9.53. The number of rotatable bonds is 63. The maximum atomic E-state index is 13.0. The quantitative estimate of drug-likeness (QED) is 0.0222. The second-order valence-corrected chi connectivity index (χ2v) is 27.0. The van der Waals surface area contributed by atoms with Crippen LogP contribution in [-0.2, 0) is 65.4 Å². The van der Waals surface area contributed by atoms with Gasteiger partial charge in [-0.05, 0) is 37.5 Å². The van der Waals surface area contributed by atoms with Gasteiger partial charge in [-0.2, -0.15) is 0 Å². The Balaban J connectivity index is 5.23. The summed E-state index contributed by atoms with van der Waals surface area (Å²) in [5.41, 5.74) is 0. The van der Waals surface area contributed by atoms with Crippen LogP contribution in [0.3, 0.4) is 0 Å². The van der Waals surface area contributed by atoms with Gasteiger partial charge in [0, 0.05) is 25.7 Å². The van der Waals surface area contributed by atoms with E-state index in [1.54, 1.807) is 0 Å². The van der Waals surface area contributed by atoms with Crippen LogP contribution in [-0.4, -0.2) is 96.7 Å². The molecule has 0 spiro atoms. The number of carbonyl (C=O) groups is 4. The summed E-state index contributed by atoms with van der Waals surface area (Å²) in [5.74, 6) is -0.789. The average Bonchev–Trinajstić information content (AvgIpc) is 3.45. The van der Waals surface area contributed by atoms with E-state index in [2.05, 4.69) is 41.5 Å². The lowest BCUT2D eigenvalue weighted by Gasteiger charge is -2.21. The molecule has 17 nitrogen and oxygen atoms in total. The predicted octanol–water partition coefficient (Wildman–Crippen LogP) is 17.7. The Hall–Kier alpha value is -1.94. The van der Waals surface area contributed by atoms with Crippen LogP contribution in [0.15, 0.2) is 0 Å². The topological polar surface area (TPSA) is 237 Å². The first-order valence-electron chi connectivity index (χ1n) is 33.5. The van der Waals surface area contributed by atoms with Crippen molar-refractivity contribution in [2.24, 2.45) is 11.8 Å². The Labute approximate surface area is 505 Å². The van der Waals surface area contributed by atoms with Gasteiger partial charge in [0.1, 0.15) is 19.3 Å². The zero-order chi connectivity index (χ0) is 61.5. The van der Waals surface area contributed by atoms with Gasteiger partial charge in [0.05, 0.1) is 26.4 Å². The van der Waals surface area contributed by atoms with Crippen LogP contribution < -0.4 is 0 Å². The number of ether oxygens (including phenoxy) is 4. The van der Waals surface area contributed by atoms with Crippen molar-refractivity contribution in [3.05, 3.63) is 0 Å². The molecule has 0 rings (SSSR count). The van der Waals surface area contributed by atoms with E-state index < -0.39 is 97.5 Å². The van der Waals surface area contributed by atoms with E-state index in [-0.39, 0.29) is 25.7 Å². The maximum Gasteiger partial charge on any atom is 0.472 e. The first-order valence-corrected chi connectivity index (χ1v) is 36.5. The summed E-state index contributed by atoms with van der Waals surface area (Å²) in [6.07, 6.45) is 39.2. The second kappa shape index (κ2) is 56.6. The van der Waals surface area contributed by atoms with Crippen LogP contribution in [0.2, 0.25) is 0 Å². The zero-order valence-corrected chi connectivity index (χ0v) is 55.3. The van der Waals surface area contributed by atoms with Crippen LogP contribution in [0.1, 0.15) is 318 Å². The van der Waals surface area contributed by atoms with E-state index in [9.17, 15) is 43.2 Å². The van der Waals surface area contributed by atoms with Crippen molar-refractivity contribution in [2.75, 3.05) is 39.6 Å². The first kappa shape index (κ1) is 81.1. The molecule has 83 heavy (non-hydrogen) atoms. The van der Waals surface area contributed by atoms with Gasteiger partial charge in [-0.1, -0.05) is 266 Å². The summed E-state index contributed by atoms with van der Waals surface area (Å²) < 4.78 is 67.9. The average molecular weight is 1230 g/mol. The number of hydrogen-bond acceptors (Lipinski definition) is 15. The molecule has 0 aromatic carbocycles. The highest BCUT2D eigenvalue weighted by Crippen LogP contribution is 2.45. The number of hydrogen-bond donors (Lipinski definition) is 3. The maximum absolute atomic E-state index is 13.0. The summed E-state index contributed by atoms with van der Waals surface area (Å²) in [7, 11) is -9.88. The van der Waals surface area contributed by atoms with Crippen LogP contribution in [0.4, 0.5) is 0 Å². The predicted molar refractivity (Wildman–Crippen MR) is 331 cm³/mol. The SMILES string of the molecule is CCCCCCCCCCCCCCCCC(=O)O[C@H](COC(=O)CCCCCCCCCCCCC)COP(=O)(O)OC[C@@H](O)COP(=O)(O)OC[C@@H](COC(=O)CCCCCCCCC(C)C)OC(=O)CCCCCCCCC(C)C.